The van der Waals surface area contributed by atoms with Gasteiger partial charge in [0.2, 0.25) is 0 Å². The fourth-order valence-electron chi connectivity index (χ4n) is 2.08. The van der Waals surface area contributed by atoms with Gasteiger partial charge in [0, 0.05) is 0 Å². The molecule has 0 N–H and O–H groups in total. The number of ether oxygens (including phenoxy) is 1. The number of rotatable bonds is 1. The Kier molecular flexibility index (Phi) is 1.87. The Morgan fingerprint density at radius 2 is 1.91 bits per heavy atom. The zero-order chi connectivity index (χ0) is 7.68. The van der Waals surface area contributed by atoms with Crippen molar-refractivity contribution in [3.8, 4) is 12.3 Å². The van der Waals surface area contributed by atoms with E-state index in [9.17, 15) is 0 Å². The first-order valence-corrected chi connectivity index (χ1v) is 4.53. The Bertz CT molecular complexity index is 174. The molecule has 2 atom stereocenters. The van der Waals surface area contributed by atoms with Crippen LogP contribution in [0.25, 0.3) is 0 Å². The molecule has 2 aliphatic rings. The highest BCUT2D eigenvalue weighted by Gasteiger charge is 2.43. The van der Waals surface area contributed by atoms with E-state index in [1.165, 1.54) is 32.1 Å². The predicted octanol–water partition coefficient (Wildman–Crippen LogP) is 1.97. The molecule has 0 aromatic rings. The largest absolute Gasteiger partial charge is 0.355 e. The average molecular weight is 150 g/mol. The van der Waals surface area contributed by atoms with Gasteiger partial charge in [0.15, 0.2) is 0 Å². The summed E-state index contributed by atoms with van der Waals surface area (Å²) in [6, 6.07) is 0. The van der Waals surface area contributed by atoms with E-state index < -0.39 is 0 Å². The number of terminal acetylenes is 1. The van der Waals surface area contributed by atoms with Crippen molar-refractivity contribution in [2.45, 2.75) is 44.3 Å². The minimum Gasteiger partial charge on any atom is -0.355 e. The molecule has 60 valence electrons. The Hall–Kier alpha value is -0.480. The van der Waals surface area contributed by atoms with Crippen LogP contribution in [0.1, 0.15) is 32.1 Å². The van der Waals surface area contributed by atoms with E-state index in [0.29, 0.717) is 6.10 Å². The summed E-state index contributed by atoms with van der Waals surface area (Å²) in [5, 5.41) is 0. The molecule has 1 saturated carbocycles. The highest BCUT2D eigenvalue weighted by molar-refractivity contribution is 5.10. The summed E-state index contributed by atoms with van der Waals surface area (Å²) >= 11 is 0. The van der Waals surface area contributed by atoms with Crippen LogP contribution in [0.5, 0.6) is 0 Å². The fourth-order valence-corrected chi connectivity index (χ4v) is 2.08. The molecule has 2 fully saturated rings. The van der Waals surface area contributed by atoms with E-state index in [0.717, 1.165) is 5.92 Å². The molecule has 1 aliphatic carbocycles. The van der Waals surface area contributed by atoms with Gasteiger partial charge in [0.1, 0.15) is 6.10 Å². The zero-order valence-corrected chi connectivity index (χ0v) is 6.75. The molecule has 1 saturated heterocycles. The monoisotopic (exact) mass is 150 g/mol. The summed E-state index contributed by atoms with van der Waals surface area (Å²) in [4.78, 5) is 0. The second kappa shape index (κ2) is 2.87. The molecule has 1 heterocycles. The van der Waals surface area contributed by atoms with Crippen molar-refractivity contribution in [3.63, 3.8) is 0 Å². The molecule has 0 radical (unpaired) electrons. The SMILES string of the molecule is C#CC1O[C@@H]1C1CCCCC1. The first kappa shape index (κ1) is 7.18. The Morgan fingerprint density at radius 1 is 1.18 bits per heavy atom. The minimum atomic E-state index is 0.165. The fraction of sp³-hybridized carbons (Fsp3) is 0.800. The highest BCUT2D eigenvalue weighted by Crippen LogP contribution is 2.37. The van der Waals surface area contributed by atoms with Gasteiger partial charge in [-0.15, -0.1) is 6.42 Å². The summed E-state index contributed by atoms with van der Waals surface area (Å²) < 4.78 is 5.37. The summed E-state index contributed by atoms with van der Waals surface area (Å²) in [7, 11) is 0. The van der Waals surface area contributed by atoms with Crippen LogP contribution in [0.3, 0.4) is 0 Å². The number of hydrogen-bond acceptors (Lipinski definition) is 1. The lowest BCUT2D eigenvalue weighted by molar-refractivity contribution is 0.265. The van der Waals surface area contributed by atoms with Gasteiger partial charge in [0.05, 0.1) is 6.10 Å². The number of hydrogen-bond donors (Lipinski definition) is 0. The normalized spacial score (nSPS) is 38.1. The third-order valence-electron chi connectivity index (χ3n) is 2.80. The van der Waals surface area contributed by atoms with Gasteiger partial charge in [-0.1, -0.05) is 25.2 Å². The van der Waals surface area contributed by atoms with Crippen LogP contribution < -0.4 is 0 Å². The molecule has 1 heteroatoms. The lowest BCUT2D eigenvalue weighted by Gasteiger charge is -2.18. The lowest BCUT2D eigenvalue weighted by Crippen LogP contribution is -2.13. The maximum Gasteiger partial charge on any atom is 0.144 e. The van der Waals surface area contributed by atoms with Crippen molar-refractivity contribution in [1.82, 2.24) is 0 Å². The molecule has 1 aliphatic heterocycles. The van der Waals surface area contributed by atoms with E-state index in [2.05, 4.69) is 5.92 Å². The van der Waals surface area contributed by atoms with Crippen molar-refractivity contribution in [2.24, 2.45) is 5.92 Å². The Labute approximate surface area is 68.1 Å². The molecule has 0 aromatic heterocycles. The predicted molar refractivity (Wildman–Crippen MR) is 44.1 cm³/mol. The van der Waals surface area contributed by atoms with Crippen LogP contribution >= 0.6 is 0 Å². The summed E-state index contributed by atoms with van der Waals surface area (Å²) in [5.41, 5.74) is 0. The second-order valence-electron chi connectivity index (χ2n) is 3.59. The Morgan fingerprint density at radius 3 is 2.45 bits per heavy atom. The summed E-state index contributed by atoms with van der Waals surface area (Å²) in [5.74, 6) is 3.45. The topological polar surface area (TPSA) is 12.5 Å². The van der Waals surface area contributed by atoms with Crippen LogP contribution in [0.15, 0.2) is 0 Å². The highest BCUT2D eigenvalue weighted by atomic mass is 16.6. The van der Waals surface area contributed by atoms with Gasteiger partial charge in [-0.05, 0) is 18.8 Å². The Balaban J connectivity index is 1.83. The molecule has 1 nitrogen and oxygen atoms in total. The maximum absolute atomic E-state index is 5.37. The lowest BCUT2D eigenvalue weighted by atomic mass is 9.86. The van der Waals surface area contributed by atoms with Crippen LogP contribution in [0.2, 0.25) is 0 Å². The van der Waals surface area contributed by atoms with Crippen molar-refractivity contribution in [2.75, 3.05) is 0 Å². The molecule has 0 bridgehead atoms. The first-order chi connectivity index (χ1) is 5.42. The van der Waals surface area contributed by atoms with Crippen LogP contribution in [-0.4, -0.2) is 12.2 Å². The van der Waals surface area contributed by atoms with Gasteiger partial charge in [0.25, 0.3) is 0 Å². The van der Waals surface area contributed by atoms with Crippen molar-refractivity contribution in [1.29, 1.82) is 0 Å². The summed E-state index contributed by atoms with van der Waals surface area (Å²) in [6.07, 6.45) is 12.7. The molecule has 11 heavy (non-hydrogen) atoms. The third-order valence-corrected chi connectivity index (χ3v) is 2.80. The molecule has 1 unspecified atom stereocenters. The second-order valence-corrected chi connectivity index (χ2v) is 3.59. The third kappa shape index (κ3) is 1.41. The van der Waals surface area contributed by atoms with Gasteiger partial charge >= 0.3 is 0 Å². The zero-order valence-electron chi connectivity index (χ0n) is 6.75. The van der Waals surface area contributed by atoms with E-state index in [4.69, 9.17) is 11.2 Å². The van der Waals surface area contributed by atoms with Gasteiger partial charge < -0.3 is 4.74 Å². The van der Waals surface area contributed by atoms with E-state index >= 15 is 0 Å². The van der Waals surface area contributed by atoms with Crippen molar-refractivity contribution in [3.05, 3.63) is 0 Å². The van der Waals surface area contributed by atoms with Crippen molar-refractivity contribution < 1.29 is 4.74 Å². The quantitative estimate of drug-likeness (QED) is 0.411. The molecule has 0 spiro atoms. The van der Waals surface area contributed by atoms with Crippen molar-refractivity contribution >= 4 is 0 Å². The molecular weight excluding hydrogens is 136 g/mol. The van der Waals surface area contributed by atoms with Gasteiger partial charge in [-0.25, -0.2) is 0 Å². The van der Waals surface area contributed by atoms with E-state index in [1.54, 1.807) is 0 Å². The van der Waals surface area contributed by atoms with Crippen LogP contribution in [-0.2, 0) is 4.74 Å². The molecule has 0 amide bonds. The van der Waals surface area contributed by atoms with Crippen LogP contribution in [0.4, 0.5) is 0 Å². The standard InChI is InChI=1S/C10H14O/c1-2-9-10(11-9)8-6-4-3-5-7-8/h1,8-10H,3-7H2/t9?,10-/m1/s1. The average Bonchev–Trinajstić information content (AvgIpc) is 2.85. The molecule has 2 rings (SSSR count). The van der Waals surface area contributed by atoms with E-state index in [1.807, 2.05) is 0 Å². The first-order valence-electron chi connectivity index (χ1n) is 4.53. The summed E-state index contributed by atoms with van der Waals surface area (Å²) in [6.45, 7) is 0. The van der Waals surface area contributed by atoms with E-state index in [-0.39, 0.29) is 6.10 Å². The van der Waals surface area contributed by atoms with Gasteiger partial charge in [-0.2, -0.15) is 0 Å². The number of epoxide rings is 1. The maximum atomic E-state index is 5.37. The molecule has 0 aromatic carbocycles. The van der Waals surface area contributed by atoms with Crippen LogP contribution in [0, 0.1) is 18.3 Å². The van der Waals surface area contributed by atoms with Gasteiger partial charge in [-0.3, -0.25) is 0 Å². The molecular formula is C10H14O. The minimum absolute atomic E-state index is 0.165. The smallest absolute Gasteiger partial charge is 0.144 e.